The number of likely N-dealkylation sites (N-methyl/N-ethyl adjacent to an activating group) is 1. The Morgan fingerprint density at radius 3 is 2.76 bits per heavy atom. The van der Waals surface area contributed by atoms with Crippen LogP contribution in [0.15, 0.2) is 24.3 Å². The van der Waals surface area contributed by atoms with Gasteiger partial charge in [0.05, 0.1) is 13.2 Å². The van der Waals surface area contributed by atoms with E-state index in [1.54, 1.807) is 7.11 Å². The zero-order valence-electron chi connectivity index (χ0n) is 10.6. The van der Waals surface area contributed by atoms with Gasteiger partial charge in [-0.3, -0.25) is 4.90 Å². The molecule has 94 valence electrons. The number of para-hydroxylation sites is 1. The maximum atomic E-state index is 9.89. The maximum absolute atomic E-state index is 9.89. The van der Waals surface area contributed by atoms with Gasteiger partial charge >= 0.3 is 0 Å². The minimum atomic E-state index is -0.172. The van der Waals surface area contributed by atoms with Crippen LogP contribution in [0.2, 0.25) is 0 Å². The average Bonchev–Trinajstić information content (AvgIpc) is 2.76. The molecule has 1 N–H and O–H groups in total. The van der Waals surface area contributed by atoms with E-state index in [-0.39, 0.29) is 6.10 Å². The molecule has 1 aromatic carbocycles. The predicted octanol–water partition coefficient (Wildman–Crippen LogP) is 2.04. The quantitative estimate of drug-likeness (QED) is 0.867. The van der Waals surface area contributed by atoms with E-state index in [0.717, 1.165) is 31.6 Å². The van der Waals surface area contributed by atoms with Crippen LogP contribution >= 0.6 is 0 Å². The van der Waals surface area contributed by atoms with Crippen molar-refractivity contribution in [2.45, 2.75) is 38.0 Å². The fourth-order valence-electron chi connectivity index (χ4n) is 2.65. The Balaban J connectivity index is 2.04. The first kappa shape index (κ1) is 12.4. The van der Waals surface area contributed by atoms with Crippen molar-refractivity contribution in [3.63, 3.8) is 0 Å². The lowest BCUT2D eigenvalue weighted by Crippen LogP contribution is -2.37. The van der Waals surface area contributed by atoms with E-state index in [2.05, 4.69) is 18.0 Å². The number of methoxy groups -OCH3 is 1. The molecule has 1 aliphatic carbocycles. The molecule has 0 aromatic heterocycles. The Morgan fingerprint density at radius 1 is 1.35 bits per heavy atom. The van der Waals surface area contributed by atoms with Gasteiger partial charge in [-0.25, -0.2) is 0 Å². The minimum Gasteiger partial charge on any atom is -0.496 e. The molecule has 0 heterocycles. The van der Waals surface area contributed by atoms with Crippen LogP contribution in [-0.4, -0.2) is 36.3 Å². The number of rotatable bonds is 4. The standard InChI is InChI=1S/C14H21NO2/c1-15(12-7-5-8-13(12)16)10-11-6-3-4-9-14(11)17-2/h3-4,6,9,12-13,16H,5,7-8,10H2,1-2H3/t12-,13-/m1/s1. The largest absolute Gasteiger partial charge is 0.496 e. The van der Waals surface area contributed by atoms with E-state index >= 15 is 0 Å². The Morgan fingerprint density at radius 2 is 2.12 bits per heavy atom. The third-order valence-corrected chi connectivity index (χ3v) is 3.62. The molecular formula is C14H21NO2. The number of hydrogen-bond donors (Lipinski definition) is 1. The highest BCUT2D eigenvalue weighted by Crippen LogP contribution is 2.26. The van der Waals surface area contributed by atoms with Gasteiger partial charge in [-0.05, 0) is 32.4 Å². The van der Waals surface area contributed by atoms with E-state index in [0.29, 0.717) is 6.04 Å². The van der Waals surface area contributed by atoms with Crippen LogP contribution in [0, 0.1) is 0 Å². The monoisotopic (exact) mass is 235 g/mol. The number of ether oxygens (including phenoxy) is 1. The minimum absolute atomic E-state index is 0.172. The van der Waals surface area contributed by atoms with Crippen molar-refractivity contribution in [3.8, 4) is 5.75 Å². The Labute approximate surface area is 103 Å². The van der Waals surface area contributed by atoms with Gasteiger partial charge in [-0.2, -0.15) is 0 Å². The van der Waals surface area contributed by atoms with Crippen LogP contribution in [0.1, 0.15) is 24.8 Å². The van der Waals surface area contributed by atoms with Gasteiger partial charge in [-0.15, -0.1) is 0 Å². The highest BCUT2D eigenvalue weighted by molar-refractivity contribution is 5.33. The molecule has 0 aliphatic heterocycles. The molecule has 0 bridgehead atoms. The van der Waals surface area contributed by atoms with Gasteiger partial charge < -0.3 is 9.84 Å². The van der Waals surface area contributed by atoms with Crippen LogP contribution in [0.25, 0.3) is 0 Å². The zero-order valence-corrected chi connectivity index (χ0v) is 10.6. The molecule has 3 nitrogen and oxygen atoms in total. The fourth-order valence-corrected chi connectivity index (χ4v) is 2.65. The molecule has 17 heavy (non-hydrogen) atoms. The summed E-state index contributed by atoms with van der Waals surface area (Å²) in [6.07, 6.45) is 2.98. The van der Waals surface area contributed by atoms with Crippen molar-refractivity contribution >= 4 is 0 Å². The van der Waals surface area contributed by atoms with E-state index in [1.165, 1.54) is 5.56 Å². The molecule has 1 saturated carbocycles. The summed E-state index contributed by atoms with van der Waals surface area (Å²) in [6, 6.07) is 8.36. The fraction of sp³-hybridized carbons (Fsp3) is 0.571. The molecule has 1 aromatic rings. The van der Waals surface area contributed by atoms with Gasteiger partial charge in [0.1, 0.15) is 5.75 Å². The van der Waals surface area contributed by atoms with E-state index in [1.807, 2.05) is 18.2 Å². The molecule has 0 spiro atoms. The van der Waals surface area contributed by atoms with Gasteiger partial charge in [0.25, 0.3) is 0 Å². The molecule has 3 heteroatoms. The number of aliphatic hydroxyl groups excluding tert-OH is 1. The first-order chi connectivity index (χ1) is 8.22. The van der Waals surface area contributed by atoms with Crippen LogP contribution in [-0.2, 0) is 6.54 Å². The normalized spacial score (nSPS) is 24.2. The van der Waals surface area contributed by atoms with Crippen molar-refractivity contribution in [1.82, 2.24) is 4.90 Å². The Hall–Kier alpha value is -1.06. The first-order valence-corrected chi connectivity index (χ1v) is 6.22. The molecule has 0 saturated heterocycles. The second-order valence-electron chi connectivity index (χ2n) is 4.79. The second-order valence-corrected chi connectivity index (χ2v) is 4.79. The summed E-state index contributed by atoms with van der Waals surface area (Å²) in [5.41, 5.74) is 1.18. The van der Waals surface area contributed by atoms with E-state index < -0.39 is 0 Å². The zero-order chi connectivity index (χ0) is 12.3. The molecule has 0 unspecified atom stereocenters. The highest BCUT2D eigenvalue weighted by Gasteiger charge is 2.28. The van der Waals surface area contributed by atoms with Crippen molar-refractivity contribution < 1.29 is 9.84 Å². The van der Waals surface area contributed by atoms with Crippen LogP contribution in [0.3, 0.4) is 0 Å². The Bertz CT molecular complexity index is 367. The first-order valence-electron chi connectivity index (χ1n) is 6.22. The maximum Gasteiger partial charge on any atom is 0.123 e. The summed E-state index contributed by atoms with van der Waals surface area (Å²) in [5.74, 6) is 0.923. The predicted molar refractivity (Wildman–Crippen MR) is 68.1 cm³/mol. The van der Waals surface area contributed by atoms with Crippen molar-refractivity contribution in [1.29, 1.82) is 0 Å². The molecule has 2 rings (SSSR count). The van der Waals surface area contributed by atoms with Gasteiger partial charge in [-0.1, -0.05) is 18.2 Å². The average molecular weight is 235 g/mol. The van der Waals surface area contributed by atoms with Gasteiger partial charge in [0, 0.05) is 18.2 Å². The Kier molecular flexibility index (Phi) is 4.02. The summed E-state index contributed by atoms with van der Waals surface area (Å²) < 4.78 is 5.35. The lowest BCUT2D eigenvalue weighted by molar-refractivity contribution is 0.0820. The summed E-state index contributed by atoms with van der Waals surface area (Å²) in [6.45, 7) is 0.825. The molecule has 0 radical (unpaired) electrons. The number of benzene rings is 1. The third kappa shape index (κ3) is 2.79. The third-order valence-electron chi connectivity index (χ3n) is 3.62. The number of hydrogen-bond acceptors (Lipinski definition) is 3. The SMILES string of the molecule is COc1ccccc1CN(C)[C@@H]1CCC[C@H]1O. The van der Waals surface area contributed by atoms with Crippen molar-refractivity contribution in [2.75, 3.05) is 14.2 Å². The topological polar surface area (TPSA) is 32.7 Å². The lowest BCUT2D eigenvalue weighted by atomic mass is 10.1. The smallest absolute Gasteiger partial charge is 0.123 e. The molecule has 0 amide bonds. The van der Waals surface area contributed by atoms with E-state index in [4.69, 9.17) is 4.74 Å². The summed E-state index contributed by atoms with van der Waals surface area (Å²) in [5, 5.41) is 9.89. The number of aliphatic hydroxyl groups is 1. The summed E-state index contributed by atoms with van der Waals surface area (Å²) >= 11 is 0. The van der Waals surface area contributed by atoms with Crippen molar-refractivity contribution in [3.05, 3.63) is 29.8 Å². The number of nitrogens with zero attached hydrogens (tertiary/aromatic N) is 1. The highest BCUT2D eigenvalue weighted by atomic mass is 16.5. The summed E-state index contributed by atoms with van der Waals surface area (Å²) in [4.78, 5) is 2.23. The molecule has 1 fully saturated rings. The molecule has 1 aliphatic rings. The molecular weight excluding hydrogens is 214 g/mol. The van der Waals surface area contributed by atoms with E-state index in [9.17, 15) is 5.11 Å². The van der Waals surface area contributed by atoms with Crippen LogP contribution in [0.4, 0.5) is 0 Å². The van der Waals surface area contributed by atoms with Gasteiger partial charge in [0.15, 0.2) is 0 Å². The van der Waals surface area contributed by atoms with Crippen LogP contribution < -0.4 is 4.74 Å². The lowest BCUT2D eigenvalue weighted by Gasteiger charge is -2.27. The second kappa shape index (κ2) is 5.52. The van der Waals surface area contributed by atoms with Gasteiger partial charge in [0.2, 0.25) is 0 Å². The van der Waals surface area contributed by atoms with Crippen molar-refractivity contribution in [2.24, 2.45) is 0 Å². The molecule has 2 atom stereocenters. The van der Waals surface area contributed by atoms with Crippen LogP contribution in [0.5, 0.6) is 5.75 Å². The summed E-state index contributed by atoms with van der Waals surface area (Å²) in [7, 11) is 3.77.